The van der Waals surface area contributed by atoms with Crippen LogP contribution in [0.4, 0.5) is 22.0 Å². The molecule has 6 rings (SSSR count). The summed E-state index contributed by atoms with van der Waals surface area (Å²) in [7, 11) is -5.66. The average molecular weight is 761 g/mol. The number of nitrogens with two attached hydrogens (primary N) is 1. The predicted molar refractivity (Wildman–Crippen MR) is 173 cm³/mol. The number of rotatable bonds is 8. The highest BCUT2D eigenvalue weighted by atomic mass is 35.5. The van der Waals surface area contributed by atoms with Gasteiger partial charge >= 0.3 is 5.76 Å². The van der Waals surface area contributed by atoms with Crippen molar-refractivity contribution in [1.82, 2.24) is 4.31 Å². The number of hydrogen-bond donors (Lipinski definition) is 2. The Morgan fingerprint density at radius 3 is 1.82 bits per heavy atom. The molecule has 268 valence electrons. The summed E-state index contributed by atoms with van der Waals surface area (Å²) in [6.07, 6.45) is 0.621. The minimum absolute atomic E-state index is 0.0575. The van der Waals surface area contributed by atoms with Crippen molar-refractivity contribution < 1.29 is 53.4 Å². The zero-order chi connectivity index (χ0) is 36.7. The number of halogens is 6. The Kier molecular flexibility index (Phi) is 10.8. The van der Waals surface area contributed by atoms with Crippen molar-refractivity contribution in [2.75, 3.05) is 14.1 Å². The van der Waals surface area contributed by atoms with E-state index in [2.05, 4.69) is 0 Å². The lowest BCUT2D eigenvalue weighted by Crippen LogP contribution is -2.24. The van der Waals surface area contributed by atoms with E-state index in [1.54, 1.807) is 0 Å². The van der Waals surface area contributed by atoms with Crippen molar-refractivity contribution in [2.24, 2.45) is 5.73 Å². The van der Waals surface area contributed by atoms with Crippen molar-refractivity contribution in [3.8, 4) is 23.0 Å². The Bertz CT molecular complexity index is 1980. The Hall–Kier alpha value is -3.80. The minimum atomic E-state index is -4.83. The van der Waals surface area contributed by atoms with Crippen molar-refractivity contribution in [3.05, 3.63) is 105 Å². The molecule has 0 saturated carbocycles. The Balaban J connectivity index is 0.000000194. The third-order valence-electron chi connectivity index (χ3n) is 8.05. The van der Waals surface area contributed by atoms with Crippen LogP contribution in [0.15, 0.2) is 70.5 Å². The van der Waals surface area contributed by atoms with Gasteiger partial charge in [0.2, 0.25) is 19.9 Å². The number of nitrogens with zero attached hydrogens (tertiary/aromatic N) is 1. The molecular formula is C33H30ClF5N2O7S2. The van der Waals surface area contributed by atoms with Gasteiger partial charge in [-0.2, -0.15) is 8.78 Å². The summed E-state index contributed by atoms with van der Waals surface area (Å²) in [6, 6.07) is 10.7. The molecule has 0 aromatic heterocycles. The maximum atomic E-state index is 13.5. The number of sulfonamides is 1. The fourth-order valence-electron chi connectivity index (χ4n) is 5.79. The molecule has 2 aliphatic rings. The molecule has 9 nitrogen and oxygen atoms in total. The van der Waals surface area contributed by atoms with Gasteiger partial charge in [0.1, 0.15) is 40.4 Å². The highest BCUT2D eigenvalue weighted by Gasteiger charge is 2.36. The first-order valence-corrected chi connectivity index (χ1v) is 18.2. The first-order chi connectivity index (χ1) is 23.4. The molecule has 0 aliphatic heterocycles. The van der Waals surface area contributed by atoms with Crippen molar-refractivity contribution >= 4 is 31.5 Å². The molecule has 4 aromatic rings. The van der Waals surface area contributed by atoms with E-state index in [-0.39, 0.29) is 32.7 Å². The van der Waals surface area contributed by atoms with Gasteiger partial charge in [-0.1, -0.05) is 11.6 Å². The third kappa shape index (κ3) is 7.60. The smallest absolute Gasteiger partial charge is 0.341 e. The van der Waals surface area contributed by atoms with Gasteiger partial charge in [-0.3, -0.25) is 0 Å². The second kappa shape index (κ2) is 14.4. The molecule has 17 heteroatoms. The molecule has 0 bridgehead atoms. The second-order valence-electron chi connectivity index (χ2n) is 11.6. The van der Waals surface area contributed by atoms with Crippen LogP contribution in [-0.2, 0) is 32.7 Å². The van der Waals surface area contributed by atoms with E-state index in [0.29, 0.717) is 54.2 Å². The predicted octanol–water partition coefficient (Wildman–Crippen LogP) is 7.20. The first-order valence-electron chi connectivity index (χ1n) is 14.9. The lowest BCUT2D eigenvalue weighted by Gasteiger charge is -2.18. The van der Waals surface area contributed by atoms with Crippen LogP contribution >= 0.6 is 11.6 Å². The topological polar surface area (TPSA) is 136 Å². The van der Waals surface area contributed by atoms with E-state index in [1.807, 2.05) is 0 Å². The summed E-state index contributed by atoms with van der Waals surface area (Å²) >= 11 is 5.83. The van der Waals surface area contributed by atoms with Crippen LogP contribution in [0.5, 0.6) is 23.0 Å². The van der Waals surface area contributed by atoms with Gasteiger partial charge in [0, 0.05) is 66.1 Å². The van der Waals surface area contributed by atoms with E-state index in [1.165, 1.54) is 44.4 Å². The van der Waals surface area contributed by atoms with Gasteiger partial charge < -0.3 is 20.3 Å². The van der Waals surface area contributed by atoms with Gasteiger partial charge in [0.05, 0.1) is 15.9 Å². The molecule has 0 heterocycles. The molecule has 0 saturated heterocycles. The third-order valence-corrected chi connectivity index (χ3v) is 11.6. The van der Waals surface area contributed by atoms with Gasteiger partial charge in [-0.25, -0.2) is 34.3 Å². The molecule has 2 aliphatic carbocycles. The molecule has 0 radical (unpaired) electrons. The maximum Gasteiger partial charge on any atom is 0.341 e. The van der Waals surface area contributed by atoms with Crippen molar-refractivity contribution in [1.29, 1.82) is 0 Å². The zero-order valence-electron chi connectivity index (χ0n) is 26.3. The first kappa shape index (κ1) is 37.5. The van der Waals surface area contributed by atoms with E-state index >= 15 is 0 Å². The molecule has 0 amide bonds. The van der Waals surface area contributed by atoms with Crippen LogP contribution in [0.1, 0.15) is 47.2 Å². The monoisotopic (exact) mass is 760 g/mol. The van der Waals surface area contributed by atoms with Crippen LogP contribution in [0.25, 0.3) is 0 Å². The molecule has 0 spiro atoms. The maximum absolute atomic E-state index is 13.5. The molecular weight excluding hydrogens is 731 g/mol. The second-order valence-corrected chi connectivity index (χ2v) is 16.1. The summed E-state index contributed by atoms with van der Waals surface area (Å²) in [5, 5.41) is 10.5. The number of aliphatic hydroxyl groups is 1. The SMILES string of the molecule is CN(C)S(=O)(=O)c1ccc(Oc2cc(F)cc(Cl)c2)c2c1C(O)CC2.NC1CCc2c(Oc3cc(F)cc(F)c3)ccc(S(=O)(=O)C(F)F)c21. The number of benzene rings is 4. The summed E-state index contributed by atoms with van der Waals surface area (Å²) in [5.74, 6) is -5.23. The summed E-state index contributed by atoms with van der Waals surface area (Å²) in [5.41, 5.74) is 7.23. The van der Waals surface area contributed by atoms with Crippen LogP contribution < -0.4 is 15.2 Å². The van der Waals surface area contributed by atoms with Crippen LogP contribution in [0.3, 0.4) is 0 Å². The van der Waals surface area contributed by atoms with Crippen LogP contribution in [0.2, 0.25) is 5.02 Å². The van der Waals surface area contributed by atoms with Crippen molar-refractivity contribution in [2.45, 2.75) is 53.4 Å². The van der Waals surface area contributed by atoms with Crippen LogP contribution in [0, 0.1) is 17.5 Å². The molecule has 4 aromatic carbocycles. The van der Waals surface area contributed by atoms with Gasteiger partial charge in [-0.05, 0) is 67.6 Å². The number of fused-ring (bicyclic) bond motifs is 2. The number of aliphatic hydroxyl groups excluding tert-OH is 1. The zero-order valence-corrected chi connectivity index (χ0v) is 28.7. The van der Waals surface area contributed by atoms with Crippen molar-refractivity contribution in [3.63, 3.8) is 0 Å². The number of alkyl halides is 2. The fourth-order valence-corrected chi connectivity index (χ4v) is 8.20. The Morgan fingerprint density at radius 2 is 1.28 bits per heavy atom. The largest absolute Gasteiger partial charge is 0.457 e. The number of sulfone groups is 1. The minimum Gasteiger partial charge on any atom is -0.457 e. The van der Waals surface area contributed by atoms with E-state index in [4.69, 9.17) is 26.8 Å². The molecule has 2 unspecified atom stereocenters. The lowest BCUT2D eigenvalue weighted by atomic mass is 10.1. The Labute approximate surface area is 290 Å². The number of hydrogen-bond acceptors (Lipinski definition) is 8. The molecule has 0 fully saturated rings. The summed E-state index contributed by atoms with van der Waals surface area (Å²) < 4.78 is 127. The highest BCUT2D eigenvalue weighted by Crippen LogP contribution is 2.44. The lowest BCUT2D eigenvalue weighted by molar-refractivity contribution is 0.177. The standard InChI is InChI=1S/C17H17ClFNO4S.C16H13F4NO3S/c1-20(2)25(22,23)16-6-5-15(13-3-4-14(21)17(13)16)24-12-8-10(18)7-11(19)9-12;17-8-5-9(18)7-10(6-8)24-13-3-4-14(25(22,23)16(19)20)15-11(13)1-2-12(15)21/h5-9,14,21H,3-4H2,1-2H3;3-7,12,16H,1-2,21H2. The summed E-state index contributed by atoms with van der Waals surface area (Å²) in [4.78, 5) is -0.484. The quantitative estimate of drug-likeness (QED) is 0.180. The highest BCUT2D eigenvalue weighted by molar-refractivity contribution is 7.91. The number of ether oxygens (including phenoxy) is 2. The van der Waals surface area contributed by atoms with Crippen LogP contribution in [-0.4, -0.2) is 46.1 Å². The fraction of sp³-hybridized carbons (Fsp3) is 0.273. The molecule has 50 heavy (non-hydrogen) atoms. The van der Waals surface area contributed by atoms with Gasteiger partial charge in [0.15, 0.2) is 0 Å². The normalized spacial score (nSPS) is 17.0. The molecule has 2 atom stereocenters. The average Bonchev–Trinajstić information content (AvgIpc) is 3.60. The van der Waals surface area contributed by atoms with E-state index in [9.17, 15) is 43.9 Å². The van der Waals surface area contributed by atoms with Gasteiger partial charge in [0.25, 0.3) is 0 Å². The molecule has 3 N–H and O–H groups in total. The Morgan fingerprint density at radius 1 is 0.780 bits per heavy atom. The van der Waals surface area contributed by atoms with E-state index in [0.717, 1.165) is 28.6 Å². The van der Waals surface area contributed by atoms with Gasteiger partial charge in [-0.15, -0.1) is 0 Å². The summed E-state index contributed by atoms with van der Waals surface area (Å²) in [6.45, 7) is 0. The van der Waals surface area contributed by atoms with E-state index < -0.39 is 60.1 Å².